The van der Waals surface area contributed by atoms with Crippen LogP contribution in [-0.4, -0.2) is 88.1 Å². The van der Waals surface area contributed by atoms with Gasteiger partial charge in [-0.3, -0.25) is 19.5 Å². The monoisotopic (exact) mass is 615 g/mol. The van der Waals surface area contributed by atoms with Crippen molar-refractivity contribution in [2.24, 2.45) is 10.4 Å². The normalized spacial score (nSPS) is 24.2. The van der Waals surface area contributed by atoms with Gasteiger partial charge in [0.05, 0.1) is 24.1 Å². The van der Waals surface area contributed by atoms with E-state index in [1.165, 1.54) is 22.3 Å². The highest BCUT2D eigenvalue weighted by atomic mass is 32.1. The molecule has 0 radical (unpaired) electrons. The number of alkyl halides is 1. The number of aromatic nitrogens is 1. The molecule has 3 aliphatic heterocycles. The van der Waals surface area contributed by atoms with E-state index in [2.05, 4.69) is 10.3 Å². The first-order valence-corrected chi connectivity index (χ1v) is 15.1. The number of halogens is 2. The van der Waals surface area contributed by atoms with E-state index < -0.39 is 46.8 Å². The zero-order chi connectivity index (χ0) is 31.1. The van der Waals surface area contributed by atoms with Gasteiger partial charge in [0.1, 0.15) is 17.9 Å². The molecule has 3 aliphatic rings. The maximum atomic E-state index is 16.3. The van der Waals surface area contributed by atoms with Crippen molar-refractivity contribution in [2.75, 3.05) is 32.8 Å². The van der Waals surface area contributed by atoms with Crippen molar-refractivity contribution >= 4 is 35.0 Å². The summed E-state index contributed by atoms with van der Waals surface area (Å²) in [6.07, 6.45) is 1.90. The number of rotatable bonds is 10. The predicted octanol–water partition coefficient (Wildman–Crippen LogP) is 3.62. The summed E-state index contributed by atoms with van der Waals surface area (Å²) in [4.78, 5) is 50.9. The molecular formula is C30H35F2N5O5S. The third kappa shape index (κ3) is 5.79. The molecule has 2 N–H and O–H groups in total. The van der Waals surface area contributed by atoms with Crippen molar-refractivity contribution in [1.82, 2.24) is 20.1 Å². The third-order valence-corrected chi connectivity index (χ3v) is 9.26. The number of hydrogen-bond acceptors (Lipinski definition) is 9. The second-order valence-electron chi connectivity index (χ2n) is 11.8. The fourth-order valence-corrected chi connectivity index (χ4v) is 6.47. The molecule has 0 saturated carbocycles. The zero-order valence-electron chi connectivity index (χ0n) is 24.5. The molecule has 0 aliphatic carbocycles. The summed E-state index contributed by atoms with van der Waals surface area (Å²) in [6, 6.07) is 2.55. The Balaban J connectivity index is 1.51. The number of nitrogens with zero attached hydrogens (tertiary/aromatic N) is 4. The average molecular weight is 616 g/mol. The number of esters is 1. The van der Waals surface area contributed by atoms with Gasteiger partial charge in [0.2, 0.25) is 5.91 Å². The van der Waals surface area contributed by atoms with Crippen LogP contribution in [0.3, 0.4) is 0 Å². The SMILES string of the molecule is CCOC(=O)C1=C(CN2CC[C@@]3(F)CN(CCC(C)(C)C(=O)O)C(=O)[C@@H]23)NC(c2nccs2)=N[C@H]1c1cccc(F)c1C. The van der Waals surface area contributed by atoms with E-state index >= 15 is 4.39 Å². The molecule has 2 aromatic rings. The highest BCUT2D eigenvalue weighted by molar-refractivity contribution is 7.11. The topological polar surface area (TPSA) is 124 Å². The number of carbonyl (C=O) groups excluding carboxylic acids is 2. The first-order valence-electron chi connectivity index (χ1n) is 14.2. The van der Waals surface area contributed by atoms with Crippen LogP contribution in [0.15, 0.2) is 46.0 Å². The summed E-state index contributed by atoms with van der Waals surface area (Å²) in [6.45, 7) is 6.78. The number of carboxylic acids is 1. The molecule has 2 saturated heterocycles. The number of amidine groups is 1. The number of nitrogens with one attached hydrogen (secondary N) is 1. The summed E-state index contributed by atoms with van der Waals surface area (Å²) in [5, 5.41) is 15.0. The number of thiazole rings is 1. The molecule has 1 amide bonds. The van der Waals surface area contributed by atoms with E-state index in [1.54, 1.807) is 56.3 Å². The molecule has 10 nitrogen and oxygen atoms in total. The molecule has 0 spiro atoms. The molecule has 2 fully saturated rings. The first kappa shape index (κ1) is 30.7. The zero-order valence-corrected chi connectivity index (χ0v) is 25.3. The fraction of sp³-hybridized carbons (Fsp3) is 0.500. The minimum Gasteiger partial charge on any atom is -0.481 e. The Kier molecular flexibility index (Phi) is 8.41. The van der Waals surface area contributed by atoms with E-state index in [0.717, 1.165) is 0 Å². The van der Waals surface area contributed by atoms with Crippen molar-refractivity contribution < 1.29 is 33.0 Å². The quantitative estimate of drug-likeness (QED) is 0.389. The summed E-state index contributed by atoms with van der Waals surface area (Å²) < 4.78 is 36.4. The van der Waals surface area contributed by atoms with Gasteiger partial charge in [0.15, 0.2) is 16.5 Å². The van der Waals surface area contributed by atoms with Gasteiger partial charge in [-0.2, -0.15) is 0 Å². The lowest BCUT2D eigenvalue weighted by Crippen LogP contribution is -2.47. The minimum atomic E-state index is -1.82. The number of hydrogen-bond donors (Lipinski definition) is 2. The Morgan fingerprint density at radius 2 is 2.09 bits per heavy atom. The Morgan fingerprint density at radius 1 is 1.33 bits per heavy atom. The van der Waals surface area contributed by atoms with Gasteiger partial charge in [0, 0.05) is 36.9 Å². The van der Waals surface area contributed by atoms with Gasteiger partial charge < -0.3 is 20.1 Å². The van der Waals surface area contributed by atoms with Crippen LogP contribution < -0.4 is 5.32 Å². The second-order valence-corrected chi connectivity index (χ2v) is 12.7. The van der Waals surface area contributed by atoms with Crippen molar-refractivity contribution in [1.29, 1.82) is 0 Å². The third-order valence-electron chi connectivity index (χ3n) is 8.48. The number of fused-ring (bicyclic) bond motifs is 1. The van der Waals surface area contributed by atoms with Gasteiger partial charge >= 0.3 is 11.9 Å². The molecular weight excluding hydrogens is 580 g/mol. The molecule has 0 bridgehead atoms. The van der Waals surface area contributed by atoms with E-state index in [-0.39, 0.29) is 51.2 Å². The molecule has 13 heteroatoms. The lowest BCUT2D eigenvalue weighted by molar-refractivity contribution is -0.148. The fourth-order valence-electron chi connectivity index (χ4n) is 5.88. The van der Waals surface area contributed by atoms with Gasteiger partial charge in [-0.1, -0.05) is 12.1 Å². The Morgan fingerprint density at radius 3 is 2.77 bits per heavy atom. The van der Waals surface area contributed by atoms with Crippen molar-refractivity contribution in [2.45, 2.75) is 58.3 Å². The Bertz CT molecular complexity index is 1490. The predicted molar refractivity (Wildman–Crippen MR) is 156 cm³/mol. The van der Waals surface area contributed by atoms with Crippen LogP contribution in [0.2, 0.25) is 0 Å². The molecule has 5 rings (SSSR count). The van der Waals surface area contributed by atoms with E-state index in [0.29, 0.717) is 27.7 Å². The molecule has 4 heterocycles. The maximum absolute atomic E-state index is 16.3. The highest BCUT2D eigenvalue weighted by Crippen LogP contribution is 2.42. The van der Waals surface area contributed by atoms with Crippen LogP contribution in [0.1, 0.15) is 55.8 Å². The molecule has 230 valence electrons. The van der Waals surface area contributed by atoms with E-state index in [9.17, 15) is 23.9 Å². The van der Waals surface area contributed by atoms with Gasteiger partial charge in [0.25, 0.3) is 0 Å². The number of likely N-dealkylation sites (tertiary alicyclic amines) is 2. The number of aliphatic imine (C=N–C) groups is 1. The molecule has 0 unspecified atom stereocenters. The van der Waals surface area contributed by atoms with E-state index in [4.69, 9.17) is 9.73 Å². The molecule has 1 aromatic carbocycles. The number of amides is 1. The standard InChI is InChI=1S/C30H35F2N5O5S/c1-5-42-27(39)21-20(34-24(25-33-11-14-43-25)35-22(21)18-7-6-8-19(31)17(18)2)15-36-13-10-30(32)16-37(26(38)23(30)36)12-9-29(3,4)28(40)41/h6-8,11,14,22-23H,5,9-10,12-13,15-16H2,1-4H3,(H,34,35)(H,40,41)/t22-,23+,30+/m0/s1. The number of aliphatic carboxylic acids is 1. The van der Waals surface area contributed by atoms with Crippen LogP contribution in [-0.2, 0) is 19.1 Å². The molecule has 3 atom stereocenters. The number of carboxylic acid groups (broad SMARTS) is 1. The van der Waals surface area contributed by atoms with Crippen molar-refractivity contribution in [3.8, 4) is 0 Å². The maximum Gasteiger partial charge on any atom is 0.338 e. The smallest absolute Gasteiger partial charge is 0.338 e. The lowest BCUT2D eigenvalue weighted by Gasteiger charge is -2.31. The summed E-state index contributed by atoms with van der Waals surface area (Å²) in [7, 11) is 0. The second kappa shape index (κ2) is 11.8. The van der Waals surface area contributed by atoms with Gasteiger partial charge in [-0.15, -0.1) is 11.3 Å². The number of benzene rings is 1. The summed E-state index contributed by atoms with van der Waals surface area (Å²) >= 11 is 1.33. The van der Waals surface area contributed by atoms with Crippen LogP contribution in [0.25, 0.3) is 0 Å². The largest absolute Gasteiger partial charge is 0.481 e. The van der Waals surface area contributed by atoms with Crippen molar-refractivity contribution in [3.05, 3.63) is 63.0 Å². The van der Waals surface area contributed by atoms with Crippen LogP contribution in [0.5, 0.6) is 0 Å². The average Bonchev–Trinajstić information content (AvgIpc) is 3.66. The number of ether oxygens (including phenoxy) is 1. The van der Waals surface area contributed by atoms with Crippen LogP contribution in [0, 0.1) is 18.2 Å². The number of carbonyl (C=O) groups is 3. The van der Waals surface area contributed by atoms with Gasteiger partial charge in [-0.25, -0.2) is 18.6 Å². The first-order chi connectivity index (χ1) is 20.4. The highest BCUT2D eigenvalue weighted by Gasteiger charge is 2.59. The van der Waals surface area contributed by atoms with Crippen LogP contribution in [0.4, 0.5) is 8.78 Å². The minimum absolute atomic E-state index is 0.0000577. The Hall–Kier alpha value is -3.71. The molecule has 1 aromatic heterocycles. The summed E-state index contributed by atoms with van der Waals surface area (Å²) in [5.74, 6) is -2.13. The Labute approximate surface area is 252 Å². The van der Waals surface area contributed by atoms with Gasteiger partial charge in [-0.05, 0) is 57.7 Å². The summed E-state index contributed by atoms with van der Waals surface area (Å²) in [5.41, 5.74) is -1.57. The van der Waals surface area contributed by atoms with Crippen molar-refractivity contribution in [3.63, 3.8) is 0 Å². The lowest BCUT2D eigenvalue weighted by atomic mass is 9.89. The van der Waals surface area contributed by atoms with E-state index in [1.807, 2.05) is 0 Å². The van der Waals surface area contributed by atoms with Crippen LogP contribution >= 0.6 is 11.3 Å². The molecule has 43 heavy (non-hydrogen) atoms.